The first-order valence-corrected chi connectivity index (χ1v) is 8.35. The van der Waals surface area contributed by atoms with Gasteiger partial charge < -0.3 is 24.4 Å². The number of allylic oxidation sites excluding steroid dienone is 3. The zero-order valence-corrected chi connectivity index (χ0v) is 15.0. The molecule has 0 amide bonds. The summed E-state index contributed by atoms with van der Waals surface area (Å²) in [6.07, 6.45) is 2.75. The van der Waals surface area contributed by atoms with Crippen molar-refractivity contribution in [3.63, 3.8) is 0 Å². The minimum atomic E-state index is -1.11. The van der Waals surface area contributed by atoms with Crippen molar-refractivity contribution in [1.82, 2.24) is 0 Å². The second-order valence-electron chi connectivity index (χ2n) is 6.43. The SMILES string of the molecule is CC(=O)OC[C@@H]1C[C@H](O)[C@@H](O)C(OC/C=C(\C)CCC=C(C)C)O1. The van der Waals surface area contributed by atoms with Crippen molar-refractivity contribution in [3.8, 4) is 0 Å². The fraction of sp³-hybridized carbons (Fsp3) is 0.722. The maximum absolute atomic E-state index is 10.9. The van der Waals surface area contributed by atoms with Gasteiger partial charge in [0.2, 0.25) is 0 Å². The molecule has 1 aliphatic heterocycles. The average molecular weight is 342 g/mol. The number of carbonyl (C=O) groups is 1. The van der Waals surface area contributed by atoms with Crippen LogP contribution in [-0.4, -0.2) is 54.0 Å². The first-order valence-electron chi connectivity index (χ1n) is 8.35. The molecule has 1 heterocycles. The first kappa shape index (κ1) is 20.8. The Balaban J connectivity index is 2.43. The van der Waals surface area contributed by atoms with Crippen LogP contribution < -0.4 is 0 Å². The van der Waals surface area contributed by atoms with Crippen molar-refractivity contribution < 1.29 is 29.2 Å². The van der Waals surface area contributed by atoms with Gasteiger partial charge in [-0.05, 0) is 33.6 Å². The second kappa shape index (κ2) is 10.6. The van der Waals surface area contributed by atoms with E-state index in [1.165, 1.54) is 18.1 Å². The van der Waals surface area contributed by atoms with E-state index in [9.17, 15) is 15.0 Å². The van der Waals surface area contributed by atoms with Crippen LogP contribution in [0, 0.1) is 0 Å². The maximum atomic E-state index is 10.9. The van der Waals surface area contributed by atoms with Crippen LogP contribution in [0.1, 0.15) is 47.0 Å². The number of carbonyl (C=O) groups excluding carboxylic acids is 1. The normalized spacial score (nSPS) is 27.7. The maximum Gasteiger partial charge on any atom is 0.302 e. The summed E-state index contributed by atoms with van der Waals surface area (Å²) in [5, 5.41) is 19.9. The minimum Gasteiger partial charge on any atom is -0.463 e. The van der Waals surface area contributed by atoms with Crippen LogP contribution in [0.25, 0.3) is 0 Å². The quantitative estimate of drug-likeness (QED) is 0.519. The molecular formula is C18H30O6. The molecule has 138 valence electrons. The van der Waals surface area contributed by atoms with Crippen LogP contribution in [0.3, 0.4) is 0 Å². The summed E-state index contributed by atoms with van der Waals surface area (Å²) >= 11 is 0. The van der Waals surface area contributed by atoms with E-state index in [1.54, 1.807) is 0 Å². The number of aliphatic hydroxyl groups is 2. The molecule has 0 aromatic rings. The average Bonchev–Trinajstić information content (AvgIpc) is 2.49. The molecule has 1 saturated heterocycles. The highest BCUT2D eigenvalue weighted by molar-refractivity contribution is 5.65. The van der Waals surface area contributed by atoms with E-state index >= 15 is 0 Å². The predicted molar refractivity (Wildman–Crippen MR) is 90.3 cm³/mol. The van der Waals surface area contributed by atoms with Gasteiger partial charge in [-0.25, -0.2) is 0 Å². The van der Waals surface area contributed by atoms with Gasteiger partial charge in [0.15, 0.2) is 6.29 Å². The molecule has 0 aliphatic carbocycles. The molecular weight excluding hydrogens is 312 g/mol. The van der Waals surface area contributed by atoms with Crippen molar-refractivity contribution in [3.05, 3.63) is 23.3 Å². The molecule has 0 radical (unpaired) electrons. The van der Waals surface area contributed by atoms with Crippen molar-refractivity contribution >= 4 is 5.97 Å². The lowest BCUT2D eigenvalue weighted by Gasteiger charge is -2.36. The number of aliphatic hydroxyl groups excluding tert-OH is 2. The van der Waals surface area contributed by atoms with E-state index in [0.717, 1.165) is 12.8 Å². The number of hydrogen-bond acceptors (Lipinski definition) is 6. The summed E-state index contributed by atoms with van der Waals surface area (Å²) in [5.41, 5.74) is 2.49. The van der Waals surface area contributed by atoms with Gasteiger partial charge in [-0.2, -0.15) is 0 Å². The van der Waals surface area contributed by atoms with Crippen LogP contribution >= 0.6 is 0 Å². The Kier molecular flexibility index (Phi) is 9.21. The van der Waals surface area contributed by atoms with E-state index in [0.29, 0.717) is 0 Å². The topological polar surface area (TPSA) is 85.2 Å². The van der Waals surface area contributed by atoms with Gasteiger partial charge in [-0.15, -0.1) is 0 Å². The lowest BCUT2D eigenvalue weighted by atomic mass is 10.0. The summed E-state index contributed by atoms with van der Waals surface area (Å²) in [6.45, 7) is 7.80. The summed E-state index contributed by atoms with van der Waals surface area (Å²) in [5.74, 6) is -0.411. The third-order valence-corrected chi connectivity index (χ3v) is 3.76. The molecule has 1 aliphatic rings. The third kappa shape index (κ3) is 8.06. The van der Waals surface area contributed by atoms with Crippen molar-refractivity contribution in [2.45, 2.75) is 71.6 Å². The molecule has 1 unspecified atom stereocenters. The second-order valence-corrected chi connectivity index (χ2v) is 6.43. The van der Waals surface area contributed by atoms with Crippen LogP contribution in [0.2, 0.25) is 0 Å². The van der Waals surface area contributed by atoms with Crippen LogP contribution in [0.5, 0.6) is 0 Å². The standard InChI is InChI=1S/C18H30O6/c1-12(2)6-5-7-13(3)8-9-22-18-17(21)16(20)10-15(24-18)11-23-14(4)19/h6,8,15-18,20-21H,5,7,9-11H2,1-4H3/b13-8+/t15-,16-,17+,18?/m0/s1. The molecule has 0 bridgehead atoms. The number of hydrogen-bond donors (Lipinski definition) is 2. The van der Waals surface area contributed by atoms with Gasteiger partial charge in [-0.3, -0.25) is 4.79 Å². The Morgan fingerprint density at radius 1 is 1.21 bits per heavy atom. The molecule has 0 spiro atoms. The summed E-state index contributed by atoms with van der Waals surface area (Å²) in [7, 11) is 0. The zero-order valence-electron chi connectivity index (χ0n) is 15.0. The van der Waals surface area contributed by atoms with Gasteiger partial charge in [0.25, 0.3) is 0 Å². The molecule has 24 heavy (non-hydrogen) atoms. The van der Waals surface area contributed by atoms with Gasteiger partial charge in [0.1, 0.15) is 12.7 Å². The van der Waals surface area contributed by atoms with Crippen molar-refractivity contribution in [2.24, 2.45) is 0 Å². The van der Waals surface area contributed by atoms with Gasteiger partial charge in [0, 0.05) is 13.3 Å². The summed E-state index contributed by atoms with van der Waals surface area (Å²) in [4.78, 5) is 10.9. The van der Waals surface area contributed by atoms with Crippen molar-refractivity contribution in [1.29, 1.82) is 0 Å². The Hall–Kier alpha value is -1.21. The molecule has 0 saturated carbocycles. The van der Waals surface area contributed by atoms with Gasteiger partial charge in [0.05, 0.1) is 18.8 Å². The molecule has 0 aromatic carbocycles. The van der Waals surface area contributed by atoms with E-state index in [-0.39, 0.29) is 19.6 Å². The third-order valence-electron chi connectivity index (χ3n) is 3.76. The highest BCUT2D eigenvalue weighted by atomic mass is 16.7. The predicted octanol–water partition coefficient (Wildman–Crippen LogP) is 2.10. The number of esters is 1. The fourth-order valence-corrected chi connectivity index (χ4v) is 2.35. The van der Waals surface area contributed by atoms with Gasteiger partial charge in [-0.1, -0.05) is 23.3 Å². The van der Waals surface area contributed by atoms with Crippen LogP contribution in [0.4, 0.5) is 0 Å². The zero-order chi connectivity index (χ0) is 18.1. The van der Waals surface area contributed by atoms with Crippen LogP contribution in [0.15, 0.2) is 23.3 Å². The summed E-state index contributed by atoms with van der Waals surface area (Å²) < 4.78 is 16.0. The highest BCUT2D eigenvalue weighted by Crippen LogP contribution is 2.22. The van der Waals surface area contributed by atoms with E-state index in [2.05, 4.69) is 19.9 Å². The fourth-order valence-electron chi connectivity index (χ4n) is 2.35. The molecule has 1 rings (SSSR count). The Labute approximate surface area is 144 Å². The lowest BCUT2D eigenvalue weighted by molar-refractivity contribution is -0.268. The molecule has 6 nitrogen and oxygen atoms in total. The smallest absolute Gasteiger partial charge is 0.302 e. The molecule has 6 heteroatoms. The van der Waals surface area contributed by atoms with E-state index in [1.807, 2.05) is 13.0 Å². The largest absolute Gasteiger partial charge is 0.463 e. The van der Waals surface area contributed by atoms with E-state index < -0.39 is 30.6 Å². The van der Waals surface area contributed by atoms with E-state index in [4.69, 9.17) is 14.2 Å². The molecule has 4 atom stereocenters. The molecule has 1 fully saturated rings. The minimum absolute atomic E-state index is 0.0382. The Morgan fingerprint density at radius 3 is 2.54 bits per heavy atom. The first-order chi connectivity index (χ1) is 11.3. The number of ether oxygens (including phenoxy) is 3. The highest BCUT2D eigenvalue weighted by Gasteiger charge is 2.37. The number of rotatable bonds is 8. The summed E-state index contributed by atoms with van der Waals surface area (Å²) in [6, 6.07) is 0. The Bertz CT molecular complexity index is 452. The molecule has 0 aromatic heterocycles. The monoisotopic (exact) mass is 342 g/mol. The lowest BCUT2D eigenvalue weighted by Crippen LogP contribution is -2.50. The molecule has 2 N–H and O–H groups in total. The van der Waals surface area contributed by atoms with Gasteiger partial charge >= 0.3 is 5.97 Å². The van der Waals surface area contributed by atoms with Crippen LogP contribution in [-0.2, 0) is 19.0 Å². The van der Waals surface area contributed by atoms with Crippen molar-refractivity contribution in [2.75, 3.05) is 13.2 Å². The Morgan fingerprint density at radius 2 is 1.92 bits per heavy atom.